The maximum atomic E-state index is 3.73. The van der Waals surface area contributed by atoms with Crippen LogP contribution in [0.5, 0.6) is 0 Å². The highest BCUT2D eigenvalue weighted by Crippen LogP contribution is 2.38. The lowest BCUT2D eigenvalue weighted by molar-refractivity contribution is 1.18. The molecule has 6 rings (SSSR count). The van der Waals surface area contributed by atoms with E-state index in [4.69, 9.17) is 0 Å². The first kappa shape index (κ1) is 14.5. The predicted octanol–water partition coefficient (Wildman–Crippen LogP) is 6.37. The highest BCUT2D eigenvalue weighted by atomic mass is 127. The smallest absolute Gasteiger partial charge is 0.0783 e. The third-order valence-corrected chi connectivity index (χ3v) is 6.92. The van der Waals surface area contributed by atoms with E-state index in [0.717, 1.165) is 0 Å². The lowest BCUT2D eigenvalue weighted by atomic mass is 10.1. The van der Waals surface area contributed by atoms with Gasteiger partial charge in [-0.05, 0) is 32.4 Å². The maximum Gasteiger partial charge on any atom is 0.0783 e. The Morgan fingerprint density at radius 1 is 0.769 bits per heavy atom. The van der Waals surface area contributed by atoms with E-state index in [9.17, 15) is 0 Å². The minimum atomic E-state index is 0.0278. The second-order valence-corrected chi connectivity index (χ2v) is 8.61. The largest absolute Gasteiger partial charge is 0.352 e. The Morgan fingerprint density at radius 3 is 2.50 bits per heavy atom. The number of para-hydroxylation sites is 2. The van der Waals surface area contributed by atoms with Crippen molar-refractivity contribution in [3.05, 3.63) is 82.1 Å². The number of rotatable bonds is 1. The van der Waals surface area contributed by atoms with Gasteiger partial charge < -0.3 is 9.55 Å². The molecule has 0 bridgehead atoms. The summed E-state index contributed by atoms with van der Waals surface area (Å²) in [5.74, 6) is 0. The summed E-state index contributed by atoms with van der Waals surface area (Å²) in [6.07, 6.45) is 2.29. The summed E-state index contributed by atoms with van der Waals surface area (Å²) >= 11 is 0.0278. The number of hydrogen-bond donors (Lipinski definition) is 1. The molecule has 124 valence electrons. The molecule has 0 spiro atoms. The number of hydrogen-bond acceptors (Lipinski definition) is 0. The zero-order valence-corrected chi connectivity index (χ0v) is 16.1. The second kappa shape index (κ2) is 5.42. The van der Waals surface area contributed by atoms with Gasteiger partial charge in [-0.2, -0.15) is 0 Å². The molecule has 0 atom stereocenters. The molecular formula is C23H15IN2. The molecule has 26 heavy (non-hydrogen) atoms. The molecule has 0 saturated carbocycles. The van der Waals surface area contributed by atoms with Crippen molar-refractivity contribution in [1.82, 2.24) is 9.55 Å². The van der Waals surface area contributed by atoms with E-state index in [0.29, 0.717) is 0 Å². The molecule has 0 fully saturated rings. The first-order valence-electron chi connectivity index (χ1n) is 8.67. The molecule has 2 aromatic heterocycles. The number of nitrogens with one attached hydrogen (secondary N) is 1. The third kappa shape index (κ3) is 1.89. The van der Waals surface area contributed by atoms with Crippen molar-refractivity contribution >= 4 is 63.5 Å². The fourth-order valence-corrected chi connectivity index (χ4v) is 5.69. The molecule has 2 nitrogen and oxygen atoms in total. The van der Waals surface area contributed by atoms with Crippen LogP contribution < -0.4 is 0 Å². The zero-order chi connectivity index (χ0) is 17.1. The van der Waals surface area contributed by atoms with Gasteiger partial charge in [-0.25, -0.2) is 0 Å². The highest BCUT2D eigenvalue weighted by molar-refractivity contribution is 14.2. The summed E-state index contributed by atoms with van der Waals surface area (Å²) in [6, 6.07) is 23.9. The van der Waals surface area contributed by atoms with E-state index in [1.807, 2.05) is 0 Å². The summed E-state index contributed by atoms with van der Waals surface area (Å²) in [4.78, 5) is 3.73. The van der Waals surface area contributed by atoms with Gasteiger partial charge in [0.05, 0.1) is 22.2 Å². The van der Waals surface area contributed by atoms with E-state index < -0.39 is 0 Å². The number of aromatic nitrogens is 2. The summed E-state index contributed by atoms with van der Waals surface area (Å²) < 4.78 is 7.12. The molecule has 1 aliphatic heterocycles. The van der Waals surface area contributed by atoms with Gasteiger partial charge in [-0.1, -0.05) is 69.3 Å². The lowest BCUT2D eigenvalue weighted by Crippen LogP contribution is -1.93. The first-order chi connectivity index (χ1) is 12.9. The van der Waals surface area contributed by atoms with Gasteiger partial charge in [0.15, 0.2) is 0 Å². The molecule has 0 radical (unpaired) electrons. The van der Waals surface area contributed by atoms with Crippen molar-refractivity contribution < 1.29 is 0 Å². The Morgan fingerprint density at radius 2 is 1.58 bits per heavy atom. The minimum Gasteiger partial charge on any atom is -0.352 e. The quantitative estimate of drug-likeness (QED) is 0.289. The van der Waals surface area contributed by atoms with Crippen molar-refractivity contribution in [2.24, 2.45) is 0 Å². The monoisotopic (exact) mass is 446 g/mol. The Labute approximate surface area is 160 Å². The minimum absolute atomic E-state index is 0.0278. The van der Waals surface area contributed by atoms with Gasteiger partial charge in [0.1, 0.15) is 0 Å². The van der Waals surface area contributed by atoms with Crippen LogP contribution in [-0.4, -0.2) is 13.6 Å². The molecular weight excluding hydrogens is 431 g/mol. The molecule has 0 amide bonds. The van der Waals surface area contributed by atoms with E-state index >= 15 is 0 Å². The van der Waals surface area contributed by atoms with Gasteiger partial charge in [0, 0.05) is 27.4 Å². The predicted molar refractivity (Wildman–Crippen MR) is 121 cm³/mol. The number of halogens is 1. The fourth-order valence-electron chi connectivity index (χ4n) is 4.07. The topological polar surface area (TPSA) is 20.7 Å². The number of benzene rings is 3. The van der Waals surface area contributed by atoms with Gasteiger partial charge >= 0.3 is 0 Å². The molecule has 0 aliphatic carbocycles. The summed E-state index contributed by atoms with van der Waals surface area (Å²) in [7, 11) is 0. The Hall–Kier alpha value is -2.66. The normalized spacial score (nSPS) is 13.4. The van der Waals surface area contributed by atoms with Gasteiger partial charge in [0.2, 0.25) is 0 Å². The number of fused-ring (bicyclic) bond motifs is 7. The van der Waals surface area contributed by atoms with Crippen LogP contribution in [0.2, 0.25) is 0 Å². The first-order valence-corrected chi connectivity index (χ1v) is 11.2. The van der Waals surface area contributed by atoms with Crippen LogP contribution in [-0.2, 0) is 0 Å². The van der Waals surface area contributed by atoms with Gasteiger partial charge in [0.25, 0.3) is 0 Å². The van der Waals surface area contributed by atoms with Crippen LogP contribution in [0.3, 0.4) is 0 Å². The number of nitrogens with zero attached hydrogens (tertiary/aromatic N) is 1. The van der Waals surface area contributed by atoms with Crippen molar-refractivity contribution in [3.8, 4) is 5.69 Å². The van der Waals surface area contributed by atoms with Crippen molar-refractivity contribution in [2.45, 2.75) is 0 Å². The standard InChI is InChI=1S/C23H15IN2/c1-2-6-15(7-3-1)26-21-9-5-4-8-17(21)19-11-10-18-16-12-13-24-14-20(16)25-22(18)23(19)26/h1-14,25H. The van der Waals surface area contributed by atoms with E-state index in [1.54, 1.807) is 0 Å². The third-order valence-electron chi connectivity index (χ3n) is 5.17. The van der Waals surface area contributed by atoms with Crippen molar-refractivity contribution in [3.63, 3.8) is 0 Å². The zero-order valence-electron chi connectivity index (χ0n) is 13.9. The Balaban J connectivity index is 1.88. The van der Waals surface area contributed by atoms with Gasteiger partial charge in [-0.3, -0.25) is 0 Å². The summed E-state index contributed by atoms with van der Waals surface area (Å²) in [5, 5.41) is 3.91. The lowest BCUT2D eigenvalue weighted by Gasteiger charge is -2.08. The average Bonchev–Trinajstić information content (AvgIpc) is 3.24. The molecule has 3 heterocycles. The Kier molecular flexibility index (Phi) is 3.02. The van der Waals surface area contributed by atoms with E-state index in [1.165, 1.54) is 49.7 Å². The fraction of sp³-hybridized carbons (Fsp3) is 0. The van der Waals surface area contributed by atoms with Crippen LogP contribution in [0.15, 0.2) is 70.8 Å². The maximum absolute atomic E-state index is 3.73. The van der Waals surface area contributed by atoms with Crippen LogP contribution in [0.25, 0.3) is 44.5 Å². The summed E-state index contributed by atoms with van der Waals surface area (Å²) in [6.45, 7) is 0. The number of H-pyrrole nitrogens is 1. The molecule has 1 N–H and O–H groups in total. The van der Waals surface area contributed by atoms with Crippen molar-refractivity contribution in [2.75, 3.05) is 0 Å². The summed E-state index contributed by atoms with van der Waals surface area (Å²) in [5.41, 5.74) is 7.57. The second-order valence-electron chi connectivity index (χ2n) is 6.55. The van der Waals surface area contributed by atoms with Gasteiger partial charge in [-0.15, -0.1) is 0 Å². The van der Waals surface area contributed by atoms with E-state index in [-0.39, 0.29) is 20.7 Å². The molecule has 5 aromatic rings. The molecule has 0 saturated heterocycles. The molecule has 3 heteroatoms. The van der Waals surface area contributed by atoms with Crippen LogP contribution in [0.4, 0.5) is 0 Å². The number of aromatic amines is 1. The molecule has 0 unspecified atom stereocenters. The van der Waals surface area contributed by atoms with Crippen LogP contribution >= 0.6 is 20.7 Å². The molecule has 3 aromatic carbocycles. The highest BCUT2D eigenvalue weighted by Gasteiger charge is 2.18. The van der Waals surface area contributed by atoms with Crippen molar-refractivity contribution in [1.29, 1.82) is 0 Å². The van der Waals surface area contributed by atoms with E-state index in [2.05, 4.69) is 90.5 Å². The average molecular weight is 446 g/mol. The van der Waals surface area contributed by atoms with Crippen LogP contribution in [0.1, 0.15) is 11.3 Å². The Bertz CT molecular complexity index is 1370. The SMILES string of the molecule is C1=Cc2c([nH]c3c2ccc2c4ccccc4n(-c4ccccc4)c23)C=I1. The molecule has 1 aliphatic rings. The van der Waals surface area contributed by atoms with Crippen LogP contribution in [0, 0.1) is 0 Å².